The van der Waals surface area contributed by atoms with Gasteiger partial charge in [0, 0.05) is 18.8 Å². The first-order chi connectivity index (χ1) is 15.3. The summed E-state index contributed by atoms with van der Waals surface area (Å²) in [5, 5.41) is 5.30. The first kappa shape index (κ1) is 22.5. The van der Waals surface area contributed by atoms with Gasteiger partial charge in [-0.2, -0.15) is 4.31 Å². The molecule has 0 radical (unpaired) electrons. The standard InChI is InChI=1S/C20H26N4O7S/c1-30-15-5-4-14(12-16(15)32(28,29)23-8-10-31-11-9-23)21-17(25)13-24-18(26)20(22-19(24)27)6-2-3-7-20/h4-5,12H,2-3,6-11,13H2,1H3,(H,21,25)(H,22,27). The van der Waals surface area contributed by atoms with Crippen LogP contribution in [0.2, 0.25) is 0 Å². The minimum atomic E-state index is -3.87. The van der Waals surface area contributed by atoms with Gasteiger partial charge in [0.25, 0.3) is 5.91 Å². The average Bonchev–Trinajstić information content (AvgIpc) is 3.35. The van der Waals surface area contributed by atoms with E-state index in [1.54, 1.807) is 0 Å². The summed E-state index contributed by atoms with van der Waals surface area (Å²) >= 11 is 0. The van der Waals surface area contributed by atoms with Gasteiger partial charge in [0.15, 0.2) is 0 Å². The number of nitrogens with zero attached hydrogens (tertiary/aromatic N) is 2. The number of ether oxygens (including phenoxy) is 2. The fourth-order valence-electron chi connectivity index (χ4n) is 4.36. The Morgan fingerprint density at radius 2 is 1.91 bits per heavy atom. The summed E-state index contributed by atoms with van der Waals surface area (Å²) in [7, 11) is -2.51. The number of nitrogens with one attached hydrogen (secondary N) is 2. The number of hydrogen-bond acceptors (Lipinski definition) is 7. The molecule has 3 aliphatic rings. The predicted molar refractivity (Wildman–Crippen MR) is 113 cm³/mol. The maximum absolute atomic E-state index is 13.1. The van der Waals surface area contributed by atoms with Crippen LogP contribution in [0.5, 0.6) is 5.75 Å². The highest BCUT2D eigenvalue weighted by Gasteiger charge is 2.52. The molecule has 2 heterocycles. The quantitative estimate of drug-likeness (QED) is 0.584. The van der Waals surface area contributed by atoms with Crippen molar-refractivity contribution in [3.05, 3.63) is 18.2 Å². The minimum absolute atomic E-state index is 0.0837. The molecule has 3 fully saturated rings. The molecule has 2 N–H and O–H groups in total. The zero-order valence-electron chi connectivity index (χ0n) is 17.8. The number of sulfonamides is 1. The molecule has 1 aromatic rings. The van der Waals surface area contributed by atoms with E-state index in [9.17, 15) is 22.8 Å². The molecule has 4 rings (SSSR count). The summed E-state index contributed by atoms with van der Waals surface area (Å²) in [6.07, 6.45) is 2.82. The van der Waals surface area contributed by atoms with Crippen LogP contribution in [0, 0.1) is 0 Å². The third-order valence-corrected chi connectivity index (χ3v) is 7.96. The normalized spacial score (nSPS) is 21.1. The molecule has 1 spiro atoms. The smallest absolute Gasteiger partial charge is 0.325 e. The summed E-state index contributed by atoms with van der Waals surface area (Å²) < 4.78 is 37.9. The molecule has 2 saturated heterocycles. The highest BCUT2D eigenvalue weighted by atomic mass is 32.2. The molecular weight excluding hydrogens is 440 g/mol. The van der Waals surface area contributed by atoms with E-state index >= 15 is 0 Å². The number of methoxy groups -OCH3 is 1. The number of urea groups is 1. The Kier molecular flexibility index (Phi) is 6.10. The second-order valence-electron chi connectivity index (χ2n) is 8.04. The Bertz CT molecular complexity index is 1030. The minimum Gasteiger partial charge on any atom is -0.495 e. The largest absolute Gasteiger partial charge is 0.495 e. The van der Waals surface area contributed by atoms with Crippen molar-refractivity contribution in [3.63, 3.8) is 0 Å². The molecule has 0 aromatic heterocycles. The average molecular weight is 467 g/mol. The van der Waals surface area contributed by atoms with Crippen molar-refractivity contribution >= 4 is 33.6 Å². The second kappa shape index (κ2) is 8.68. The van der Waals surface area contributed by atoms with Crippen molar-refractivity contribution < 1.29 is 32.3 Å². The van der Waals surface area contributed by atoms with Crippen molar-refractivity contribution in [3.8, 4) is 5.75 Å². The first-order valence-corrected chi connectivity index (χ1v) is 11.9. The highest BCUT2D eigenvalue weighted by molar-refractivity contribution is 7.89. The fourth-order valence-corrected chi connectivity index (χ4v) is 5.95. The van der Waals surface area contributed by atoms with Crippen molar-refractivity contribution in [1.29, 1.82) is 0 Å². The predicted octanol–water partition coefficient (Wildman–Crippen LogP) is 0.519. The van der Waals surface area contributed by atoms with E-state index in [0.717, 1.165) is 17.7 Å². The summed E-state index contributed by atoms with van der Waals surface area (Å²) in [5.41, 5.74) is -0.679. The number of anilines is 1. The summed E-state index contributed by atoms with van der Waals surface area (Å²) in [4.78, 5) is 38.4. The number of rotatable bonds is 6. The molecule has 0 atom stereocenters. The van der Waals surface area contributed by atoms with E-state index in [0.29, 0.717) is 26.1 Å². The van der Waals surface area contributed by atoms with Gasteiger partial charge in [-0.1, -0.05) is 12.8 Å². The van der Waals surface area contributed by atoms with Crippen LogP contribution in [0.4, 0.5) is 10.5 Å². The molecule has 12 heteroatoms. The SMILES string of the molecule is COc1ccc(NC(=O)CN2C(=O)NC3(CCCC3)C2=O)cc1S(=O)(=O)N1CCOCC1. The molecule has 174 valence electrons. The number of carbonyl (C=O) groups excluding carboxylic acids is 3. The number of morpholine rings is 1. The van der Waals surface area contributed by atoms with Gasteiger partial charge in [-0.05, 0) is 31.0 Å². The van der Waals surface area contributed by atoms with Crippen LogP contribution in [0.25, 0.3) is 0 Å². The maximum atomic E-state index is 13.1. The molecule has 11 nitrogen and oxygen atoms in total. The van der Waals surface area contributed by atoms with E-state index < -0.39 is 34.0 Å². The Hall–Kier alpha value is -2.70. The highest BCUT2D eigenvalue weighted by Crippen LogP contribution is 2.35. The van der Waals surface area contributed by atoms with Crippen molar-refractivity contribution in [2.45, 2.75) is 36.1 Å². The zero-order chi connectivity index (χ0) is 22.9. The monoisotopic (exact) mass is 466 g/mol. The van der Waals surface area contributed by atoms with Crippen LogP contribution in [0.3, 0.4) is 0 Å². The third kappa shape index (κ3) is 4.05. The van der Waals surface area contributed by atoms with Gasteiger partial charge in [0.2, 0.25) is 15.9 Å². The Balaban J connectivity index is 1.50. The number of amides is 4. The van der Waals surface area contributed by atoms with Gasteiger partial charge >= 0.3 is 6.03 Å². The zero-order valence-corrected chi connectivity index (χ0v) is 18.6. The van der Waals surface area contributed by atoms with E-state index in [4.69, 9.17) is 9.47 Å². The molecule has 1 aliphatic carbocycles. The van der Waals surface area contributed by atoms with Gasteiger partial charge < -0.3 is 20.1 Å². The number of imide groups is 1. The Labute approximate surface area is 186 Å². The van der Waals surface area contributed by atoms with E-state index in [1.165, 1.54) is 29.6 Å². The molecule has 32 heavy (non-hydrogen) atoms. The second-order valence-corrected chi connectivity index (χ2v) is 9.95. The lowest BCUT2D eigenvalue weighted by atomic mass is 9.98. The molecular formula is C20H26N4O7S. The van der Waals surface area contributed by atoms with Crippen LogP contribution in [0.15, 0.2) is 23.1 Å². The van der Waals surface area contributed by atoms with Gasteiger partial charge in [0.1, 0.15) is 22.7 Å². The number of carbonyl (C=O) groups is 3. The van der Waals surface area contributed by atoms with Crippen molar-refractivity contribution in [2.75, 3.05) is 45.3 Å². The molecule has 1 saturated carbocycles. The van der Waals surface area contributed by atoms with Crippen LogP contribution < -0.4 is 15.4 Å². The lowest BCUT2D eigenvalue weighted by Crippen LogP contribution is -2.44. The first-order valence-electron chi connectivity index (χ1n) is 10.5. The summed E-state index contributed by atoms with van der Waals surface area (Å²) in [6, 6.07) is 3.67. The number of benzene rings is 1. The van der Waals surface area contributed by atoms with Crippen LogP contribution in [-0.4, -0.2) is 81.0 Å². The van der Waals surface area contributed by atoms with Gasteiger partial charge in [-0.25, -0.2) is 13.2 Å². The summed E-state index contributed by atoms with van der Waals surface area (Å²) in [6.45, 7) is 0.576. The number of hydrogen-bond donors (Lipinski definition) is 2. The Morgan fingerprint density at radius 3 is 2.56 bits per heavy atom. The van der Waals surface area contributed by atoms with Crippen molar-refractivity contribution in [2.24, 2.45) is 0 Å². The molecule has 1 aromatic carbocycles. The maximum Gasteiger partial charge on any atom is 0.325 e. The topological polar surface area (TPSA) is 134 Å². The van der Waals surface area contributed by atoms with Crippen molar-refractivity contribution in [1.82, 2.24) is 14.5 Å². The van der Waals surface area contributed by atoms with Crippen LogP contribution in [0.1, 0.15) is 25.7 Å². The summed E-state index contributed by atoms with van der Waals surface area (Å²) in [5.74, 6) is -0.851. The van der Waals surface area contributed by atoms with Gasteiger partial charge in [-0.15, -0.1) is 0 Å². The third-order valence-electron chi connectivity index (χ3n) is 6.04. The van der Waals surface area contributed by atoms with Crippen LogP contribution >= 0.6 is 0 Å². The molecule has 4 amide bonds. The molecule has 2 aliphatic heterocycles. The van der Waals surface area contributed by atoms with Gasteiger partial charge in [0.05, 0.1) is 20.3 Å². The lowest BCUT2D eigenvalue weighted by Gasteiger charge is -2.26. The van der Waals surface area contributed by atoms with Gasteiger partial charge in [-0.3, -0.25) is 14.5 Å². The van der Waals surface area contributed by atoms with E-state index in [2.05, 4.69) is 10.6 Å². The fraction of sp³-hybridized carbons (Fsp3) is 0.550. The van der Waals surface area contributed by atoms with Crippen LogP contribution in [-0.2, 0) is 24.3 Å². The molecule has 0 bridgehead atoms. The molecule has 0 unspecified atom stereocenters. The Morgan fingerprint density at radius 1 is 1.22 bits per heavy atom. The lowest BCUT2D eigenvalue weighted by molar-refractivity contribution is -0.133. The van der Waals surface area contributed by atoms with E-state index in [1.807, 2.05) is 0 Å². The van der Waals surface area contributed by atoms with E-state index in [-0.39, 0.29) is 35.3 Å².